The number of amides is 1. The number of aryl methyl sites for hydroxylation is 2. The van der Waals surface area contributed by atoms with Gasteiger partial charge < -0.3 is 5.32 Å². The average Bonchev–Trinajstić information content (AvgIpc) is 2.57. The van der Waals surface area contributed by atoms with E-state index in [2.05, 4.69) is 10.3 Å². The van der Waals surface area contributed by atoms with Crippen molar-refractivity contribution in [3.8, 4) is 11.1 Å². The minimum absolute atomic E-state index is 0.166. The van der Waals surface area contributed by atoms with Gasteiger partial charge in [-0.1, -0.05) is 29.8 Å². The lowest BCUT2D eigenvalue weighted by Crippen LogP contribution is -2.13. The second-order valence-corrected chi connectivity index (χ2v) is 6.12. The molecule has 4 heteroatoms. The second-order valence-electron chi connectivity index (χ2n) is 5.68. The van der Waals surface area contributed by atoms with Gasteiger partial charge in [-0.15, -0.1) is 0 Å². The lowest BCUT2D eigenvalue weighted by atomic mass is 10.0. The smallest absolute Gasteiger partial charge is 0.257 e. The number of anilines is 1. The number of carbonyl (C=O) groups excluding carboxylic acids is 1. The highest BCUT2D eigenvalue weighted by Gasteiger charge is 2.09. The van der Waals surface area contributed by atoms with Crippen LogP contribution in [-0.4, -0.2) is 10.9 Å². The first kappa shape index (κ1) is 16.2. The molecule has 0 aliphatic heterocycles. The molecule has 1 heterocycles. The van der Waals surface area contributed by atoms with Crippen molar-refractivity contribution in [2.75, 3.05) is 5.32 Å². The van der Waals surface area contributed by atoms with Crippen LogP contribution in [0.4, 0.5) is 5.69 Å². The first-order valence-corrected chi connectivity index (χ1v) is 8.01. The SMILES string of the molecule is Cc1ccc(C(=O)Nc2ccc(-c3cccc(Cl)c3)cc2C)cn1. The molecule has 1 amide bonds. The van der Waals surface area contributed by atoms with E-state index < -0.39 is 0 Å². The van der Waals surface area contributed by atoms with Crippen LogP contribution in [0.3, 0.4) is 0 Å². The molecule has 3 aromatic rings. The number of nitrogens with one attached hydrogen (secondary N) is 1. The Bertz CT molecular complexity index is 888. The summed E-state index contributed by atoms with van der Waals surface area (Å²) in [6.45, 7) is 3.86. The van der Waals surface area contributed by atoms with Crippen molar-refractivity contribution >= 4 is 23.2 Å². The van der Waals surface area contributed by atoms with E-state index in [1.165, 1.54) is 0 Å². The molecule has 1 N–H and O–H groups in total. The molecule has 1 aromatic heterocycles. The molecule has 24 heavy (non-hydrogen) atoms. The van der Waals surface area contributed by atoms with E-state index in [0.29, 0.717) is 10.6 Å². The summed E-state index contributed by atoms with van der Waals surface area (Å²) in [5.41, 5.74) is 5.30. The predicted molar refractivity (Wildman–Crippen MR) is 98.6 cm³/mol. The lowest BCUT2D eigenvalue weighted by molar-refractivity contribution is 0.102. The van der Waals surface area contributed by atoms with E-state index in [0.717, 1.165) is 28.1 Å². The number of pyridine rings is 1. The van der Waals surface area contributed by atoms with Gasteiger partial charge in [-0.05, 0) is 66.9 Å². The number of aromatic nitrogens is 1. The molecular formula is C20H17ClN2O. The van der Waals surface area contributed by atoms with Crippen LogP contribution < -0.4 is 5.32 Å². The van der Waals surface area contributed by atoms with E-state index in [4.69, 9.17) is 11.6 Å². The number of hydrogen-bond acceptors (Lipinski definition) is 2. The molecule has 0 fully saturated rings. The second kappa shape index (κ2) is 6.85. The van der Waals surface area contributed by atoms with Crippen LogP contribution >= 0.6 is 11.6 Å². The largest absolute Gasteiger partial charge is 0.322 e. The summed E-state index contributed by atoms with van der Waals surface area (Å²) in [4.78, 5) is 16.5. The molecule has 0 aliphatic rings. The normalized spacial score (nSPS) is 10.5. The van der Waals surface area contributed by atoms with Gasteiger partial charge in [0.15, 0.2) is 0 Å². The van der Waals surface area contributed by atoms with Gasteiger partial charge in [0.2, 0.25) is 0 Å². The average molecular weight is 337 g/mol. The Morgan fingerprint density at radius 1 is 1.00 bits per heavy atom. The molecule has 0 atom stereocenters. The zero-order valence-corrected chi connectivity index (χ0v) is 14.3. The Labute approximate surface area is 146 Å². The molecule has 0 radical (unpaired) electrons. The lowest BCUT2D eigenvalue weighted by Gasteiger charge is -2.11. The Hall–Kier alpha value is -2.65. The summed E-state index contributed by atoms with van der Waals surface area (Å²) >= 11 is 6.05. The Balaban J connectivity index is 1.82. The minimum Gasteiger partial charge on any atom is -0.322 e. The van der Waals surface area contributed by atoms with Crippen LogP contribution in [0.1, 0.15) is 21.6 Å². The van der Waals surface area contributed by atoms with E-state index in [1.807, 2.05) is 62.4 Å². The fourth-order valence-electron chi connectivity index (χ4n) is 2.45. The molecule has 0 saturated carbocycles. The van der Waals surface area contributed by atoms with Crippen molar-refractivity contribution in [3.05, 3.63) is 82.6 Å². The van der Waals surface area contributed by atoms with Gasteiger partial charge in [-0.25, -0.2) is 0 Å². The van der Waals surface area contributed by atoms with E-state index in [1.54, 1.807) is 12.3 Å². The number of rotatable bonds is 3. The summed E-state index contributed by atoms with van der Waals surface area (Å²) in [5.74, 6) is -0.166. The number of nitrogens with zero attached hydrogens (tertiary/aromatic N) is 1. The first-order chi connectivity index (χ1) is 11.5. The molecule has 3 rings (SSSR count). The number of halogens is 1. The van der Waals surface area contributed by atoms with Crippen LogP contribution in [0.2, 0.25) is 5.02 Å². The van der Waals surface area contributed by atoms with Crippen LogP contribution in [-0.2, 0) is 0 Å². The minimum atomic E-state index is -0.166. The quantitative estimate of drug-likeness (QED) is 0.707. The van der Waals surface area contributed by atoms with Crippen LogP contribution in [0.25, 0.3) is 11.1 Å². The van der Waals surface area contributed by atoms with Crippen LogP contribution in [0, 0.1) is 13.8 Å². The Morgan fingerprint density at radius 2 is 1.79 bits per heavy atom. The van der Waals surface area contributed by atoms with E-state index >= 15 is 0 Å². The highest BCUT2D eigenvalue weighted by Crippen LogP contribution is 2.27. The Kier molecular flexibility index (Phi) is 4.63. The van der Waals surface area contributed by atoms with Gasteiger partial charge in [0.25, 0.3) is 5.91 Å². The third-order valence-electron chi connectivity index (χ3n) is 3.81. The van der Waals surface area contributed by atoms with Gasteiger partial charge in [-0.2, -0.15) is 0 Å². The van der Waals surface area contributed by atoms with Crippen molar-refractivity contribution in [1.29, 1.82) is 0 Å². The summed E-state index contributed by atoms with van der Waals surface area (Å²) in [6, 6.07) is 17.2. The third-order valence-corrected chi connectivity index (χ3v) is 4.04. The predicted octanol–water partition coefficient (Wildman–Crippen LogP) is 5.27. The molecule has 2 aromatic carbocycles. The van der Waals surface area contributed by atoms with Crippen molar-refractivity contribution in [2.45, 2.75) is 13.8 Å². The van der Waals surface area contributed by atoms with Crippen molar-refractivity contribution in [2.24, 2.45) is 0 Å². The van der Waals surface area contributed by atoms with Crippen molar-refractivity contribution in [3.63, 3.8) is 0 Å². The molecule has 0 saturated heterocycles. The molecule has 0 bridgehead atoms. The summed E-state index contributed by atoms with van der Waals surface area (Å²) < 4.78 is 0. The van der Waals surface area contributed by atoms with Crippen molar-refractivity contribution in [1.82, 2.24) is 4.98 Å². The topological polar surface area (TPSA) is 42.0 Å². The first-order valence-electron chi connectivity index (χ1n) is 7.63. The maximum Gasteiger partial charge on any atom is 0.257 e. The zero-order chi connectivity index (χ0) is 17.1. The van der Waals surface area contributed by atoms with Crippen molar-refractivity contribution < 1.29 is 4.79 Å². The van der Waals surface area contributed by atoms with E-state index in [9.17, 15) is 4.79 Å². The maximum absolute atomic E-state index is 12.3. The monoisotopic (exact) mass is 336 g/mol. The van der Waals surface area contributed by atoms with Gasteiger partial charge in [0.1, 0.15) is 0 Å². The third kappa shape index (κ3) is 3.63. The number of benzene rings is 2. The van der Waals surface area contributed by atoms with Gasteiger partial charge >= 0.3 is 0 Å². The number of hydrogen-bond donors (Lipinski definition) is 1. The summed E-state index contributed by atoms with van der Waals surface area (Å²) in [7, 11) is 0. The van der Waals surface area contributed by atoms with Crippen LogP contribution in [0.5, 0.6) is 0 Å². The fraction of sp³-hybridized carbons (Fsp3) is 0.100. The van der Waals surface area contributed by atoms with Gasteiger partial charge in [0.05, 0.1) is 5.56 Å². The highest BCUT2D eigenvalue weighted by atomic mass is 35.5. The summed E-state index contributed by atoms with van der Waals surface area (Å²) in [5, 5.41) is 3.63. The van der Waals surface area contributed by atoms with Gasteiger partial charge in [0, 0.05) is 22.6 Å². The summed E-state index contributed by atoms with van der Waals surface area (Å²) in [6.07, 6.45) is 1.58. The van der Waals surface area contributed by atoms with E-state index in [-0.39, 0.29) is 5.91 Å². The molecule has 0 spiro atoms. The molecule has 3 nitrogen and oxygen atoms in total. The molecule has 120 valence electrons. The maximum atomic E-state index is 12.3. The molecule has 0 unspecified atom stereocenters. The molecule has 0 aliphatic carbocycles. The van der Waals surface area contributed by atoms with Crippen LogP contribution in [0.15, 0.2) is 60.8 Å². The number of carbonyl (C=O) groups is 1. The standard InChI is InChI=1S/C20H17ClN2O/c1-13-10-16(15-4-3-5-18(21)11-15)8-9-19(13)23-20(24)17-7-6-14(2)22-12-17/h3-12H,1-2H3,(H,23,24). The fourth-order valence-corrected chi connectivity index (χ4v) is 2.64. The molecular weight excluding hydrogens is 320 g/mol. The highest BCUT2D eigenvalue weighted by molar-refractivity contribution is 6.30. The van der Waals surface area contributed by atoms with Gasteiger partial charge in [-0.3, -0.25) is 9.78 Å². The zero-order valence-electron chi connectivity index (χ0n) is 13.5. The Morgan fingerprint density at radius 3 is 2.46 bits per heavy atom.